The van der Waals surface area contributed by atoms with E-state index in [0.29, 0.717) is 5.75 Å². The first-order valence-electron chi connectivity index (χ1n) is 6.70. The Hall–Kier alpha value is -1.71. The third-order valence-corrected chi connectivity index (χ3v) is 3.29. The summed E-state index contributed by atoms with van der Waals surface area (Å²) >= 11 is 0. The summed E-state index contributed by atoms with van der Waals surface area (Å²) in [6.07, 6.45) is -5.01. The Labute approximate surface area is 127 Å². The molecule has 0 unspecified atom stereocenters. The largest absolute Gasteiger partial charge is 0.462 e. The molecule has 2 rings (SSSR count). The van der Waals surface area contributed by atoms with E-state index >= 15 is 0 Å². The molecule has 0 aliphatic carbocycles. The zero-order chi connectivity index (χ0) is 16.1. The van der Waals surface area contributed by atoms with Crippen LogP contribution in [-0.4, -0.2) is 71.1 Å². The molecule has 5 atom stereocenters. The lowest BCUT2D eigenvalue weighted by Gasteiger charge is -2.39. The Balaban J connectivity index is 2.04. The fourth-order valence-electron chi connectivity index (χ4n) is 2.04. The van der Waals surface area contributed by atoms with Crippen LogP contribution in [0.4, 0.5) is 0 Å². The van der Waals surface area contributed by atoms with Gasteiger partial charge in [-0.25, -0.2) is 0 Å². The van der Waals surface area contributed by atoms with Crippen LogP contribution in [0, 0.1) is 0 Å². The number of ether oxygens (including phenoxy) is 2. The monoisotopic (exact) mass is 313 g/mol. The predicted molar refractivity (Wildman–Crippen MR) is 75.4 cm³/mol. The van der Waals surface area contributed by atoms with Crippen LogP contribution in [0.1, 0.15) is 5.56 Å². The van der Waals surface area contributed by atoms with Crippen LogP contribution in [0.5, 0.6) is 5.75 Å². The second-order valence-corrected chi connectivity index (χ2v) is 4.80. The van der Waals surface area contributed by atoms with Crippen LogP contribution in [0.25, 0.3) is 0 Å². The molecular weight excluding hydrogens is 294 g/mol. The fraction of sp³-hybridized carbons (Fsp3) is 0.500. The van der Waals surface area contributed by atoms with Crippen molar-refractivity contribution in [2.45, 2.75) is 30.7 Å². The predicted octanol–water partition coefficient (Wildman–Crippen LogP) is -1.15. The summed E-state index contributed by atoms with van der Waals surface area (Å²) in [4.78, 5) is 4.57. The SMILES string of the molecule is CO/N=C\c1ccc(O[C@@H]2O[C@H](CO)[C@@H](O)[C@H](O)[C@H]2O)cc1. The molecule has 1 saturated heterocycles. The molecule has 8 heteroatoms. The molecule has 0 aromatic heterocycles. The summed E-state index contributed by atoms with van der Waals surface area (Å²) in [5.41, 5.74) is 0.781. The molecule has 0 spiro atoms. The normalized spacial score (nSPS) is 32.1. The first kappa shape index (κ1) is 16.7. The number of hydrogen-bond donors (Lipinski definition) is 4. The molecular formula is C14H19NO7. The average Bonchev–Trinajstić information content (AvgIpc) is 2.54. The van der Waals surface area contributed by atoms with Gasteiger partial charge < -0.3 is 34.7 Å². The Morgan fingerprint density at radius 3 is 2.41 bits per heavy atom. The van der Waals surface area contributed by atoms with Crippen LogP contribution >= 0.6 is 0 Å². The molecule has 1 fully saturated rings. The third kappa shape index (κ3) is 3.73. The van der Waals surface area contributed by atoms with Crippen molar-refractivity contribution < 1.29 is 34.7 Å². The molecule has 1 aromatic rings. The number of benzene rings is 1. The molecule has 1 aromatic carbocycles. The number of nitrogens with zero attached hydrogens (tertiary/aromatic N) is 1. The molecule has 122 valence electrons. The van der Waals surface area contributed by atoms with E-state index in [1.807, 2.05) is 0 Å². The van der Waals surface area contributed by atoms with Crippen LogP contribution < -0.4 is 4.74 Å². The van der Waals surface area contributed by atoms with Crippen molar-refractivity contribution in [1.82, 2.24) is 0 Å². The maximum atomic E-state index is 9.87. The van der Waals surface area contributed by atoms with E-state index < -0.39 is 37.3 Å². The van der Waals surface area contributed by atoms with Gasteiger partial charge in [-0.2, -0.15) is 0 Å². The van der Waals surface area contributed by atoms with E-state index in [0.717, 1.165) is 5.56 Å². The lowest BCUT2D eigenvalue weighted by atomic mass is 9.99. The quantitative estimate of drug-likeness (QED) is 0.400. The van der Waals surface area contributed by atoms with Crippen LogP contribution in [0.2, 0.25) is 0 Å². The van der Waals surface area contributed by atoms with Gasteiger partial charge in [0.15, 0.2) is 0 Å². The van der Waals surface area contributed by atoms with Crippen molar-refractivity contribution in [3.8, 4) is 5.75 Å². The first-order valence-corrected chi connectivity index (χ1v) is 6.70. The number of rotatable bonds is 5. The summed E-state index contributed by atoms with van der Waals surface area (Å²) in [5, 5.41) is 42.0. The number of oxime groups is 1. The Morgan fingerprint density at radius 1 is 1.14 bits per heavy atom. The van der Waals surface area contributed by atoms with Crippen LogP contribution in [-0.2, 0) is 9.57 Å². The molecule has 0 amide bonds. The van der Waals surface area contributed by atoms with Gasteiger partial charge in [0.1, 0.15) is 37.3 Å². The molecule has 1 aliphatic rings. The van der Waals surface area contributed by atoms with E-state index in [-0.39, 0.29) is 0 Å². The maximum absolute atomic E-state index is 9.87. The smallest absolute Gasteiger partial charge is 0.229 e. The maximum Gasteiger partial charge on any atom is 0.229 e. The lowest BCUT2D eigenvalue weighted by Crippen LogP contribution is -2.60. The number of aliphatic hydroxyl groups excluding tert-OH is 4. The van der Waals surface area contributed by atoms with Crippen molar-refractivity contribution in [2.24, 2.45) is 5.16 Å². The van der Waals surface area contributed by atoms with Crippen molar-refractivity contribution in [3.05, 3.63) is 29.8 Å². The zero-order valence-electron chi connectivity index (χ0n) is 11.9. The minimum absolute atomic E-state index is 0.388. The van der Waals surface area contributed by atoms with Crippen molar-refractivity contribution in [1.29, 1.82) is 0 Å². The molecule has 4 N–H and O–H groups in total. The van der Waals surface area contributed by atoms with Gasteiger partial charge in [-0.15, -0.1) is 0 Å². The molecule has 22 heavy (non-hydrogen) atoms. The summed E-state index contributed by atoms with van der Waals surface area (Å²) in [5.74, 6) is 0.388. The molecule has 0 radical (unpaired) electrons. The molecule has 1 aliphatic heterocycles. The highest BCUT2D eigenvalue weighted by atomic mass is 16.7. The van der Waals surface area contributed by atoms with Gasteiger partial charge in [0.25, 0.3) is 0 Å². The van der Waals surface area contributed by atoms with Gasteiger partial charge in [-0.05, 0) is 29.8 Å². The van der Waals surface area contributed by atoms with E-state index in [4.69, 9.17) is 14.6 Å². The van der Waals surface area contributed by atoms with E-state index in [9.17, 15) is 15.3 Å². The van der Waals surface area contributed by atoms with Crippen molar-refractivity contribution in [3.63, 3.8) is 0 Å². The topological polar surface area (TPSA) is 121 Å². The Morgan fingerprint density at radius 2 is 1.82 bits per heavy atom. The number of aliphatic hydroxyl groups is 4. The second kappa shape index (κ2) is 7.52. The van der Waals surface area contributed by atoms with Gasteiger partial charge >= 0.3 is 0 Å². The van der Waals surface area contributed by atoms with Gasteiger partial charge in [-0.3, -0.25) is 0 Å². The molecule has 8 nitrogen and oxygen atoms in total. The zero-order valence-corrected chi connectivity index (χ0v) is 11.9. The summed E-state index contributed by atoms with van der Waals surface area (Å²) in [6, 6.07) is 6.67. The molecule has 1 heterocycles. The van der Waals surface area contributed by atoms with Gasteiger partial charge in [0.2, 0.25) is 6.29 Å². The van der Waals surface area contributed by atoms with Crippen molar-refractivity contribution in [2.75, 3.05) is 13.7 Å². The second-order valence-electron chi connectivity index (χ2n) is 4.80. The van der Waals surface area contributed by atoms with E-state index in [2.05, 4.69) is 9.99 Å². The third-order valence-electron chi connectivity index (χ3n) is 3.29. The lowest BCUT2D eigenvalue weighted by molar-refractivity contribution is -0.277. The minimum Gasteiger partial charge on any atom is -0.462 e. The van der Waals surface area contributed by atoms with Gasteiger partial charge in [0, 0.05) is 0 Å². The fourth-order valence-corrected chi connectivity index (χ4v) is 2.04. The standard InChI is InChI=1S/C14H19NO7/c1-20-15-6-8-2-4-9(5-3-8)21-14-13(19)12(18)11(17)10(7-16)22-14/h2-6,10-14,16-19H,7H2,1H3/b15-6-/t10-,11-,12+,13-,14-/m1/s1. The van der Waals surface area contributed by atoms with E-state index in [1.54, 1.807) is 24.3 Å². The minimum atomic E-state index is -1.47. The number of hydrogen-bond acceptors (Lipinski definition) is 8. The van der Waals surface area contributed by atoms with Gasteiger partial charge in [0.05, 0.1) is 12.8 Å². The van der Waals surface area contributed by atoms with Crippen molar-refractivity contribution >= 4 is 6.21 Å². The molecule has 0 saturated carbocycles. The highest BCUT2D eigenvalue weighted by Crippen LogP contribution is 2.24. The Bertz CT molecular complexity index is 490. The Kier molecular flexibility index (Phi) is 5.69. The summed E-state index contributed by atoms with van der Waals surface area (Å²) in [6.45, 7) is -0.503. The van der Waals surface area contributed by atoms with Crippen LogP contribution in [0.3, 0.4) is 0 Å². The first-order chi connectivity index (χ1) is 10.6. The van der Waals surface area contributed by atoms with Crippen LogP contribution in [0.15, 0.2) is 29.4 Å². The highest BCUT2D eigenvalue weighted by molar-refractivity contribution is 5.79. The average molecular weight is 313 g/mol. The van der Waals surface area contributed by atoms with Gasteiger partial charge in [-0.1, -0.05) is 5.16 Å². The molecule has 0 bridgehead atoms. The summed E-state index contributed by atoms with van der Waals surface area (Å²) in [7, 11) is 1.44. The highest BCUT2D eigenvalue weighted by Gasteiger charge is 2.44. The summed E-state index contributed by atoms with van der Waals surface area (Å²) < 4.78 is 10.7. The van der Waals surface area contributed by atoms with E-state index in [1.165, 1.54) is 13.3 Å².